The van der Waals surface area contributed by atoms with Gasteiger partial charge in [-0.2, -0.15) is 15.1 Å². The topological polar surface area (TPSA) is 139 Å². The third kappa shape index (κ3) is 3.51. The smallest absolute Gasteiger partial charge is 0.241 e. The van der Waals surface area contributed by atoms with Crippen LogP contribution >= 0.6 is 0 Å². The van der Waals surface area contributed by atoms with Gasteiger partial charge in [0.25, 0.3) is 0 Å². The maximum Gasteiger partial charge on any atom is 0.241 e. The molecule has 0 aromatic carbocycles. The van der Waals surface area contributed by atoms with Crippen molar-refractivity contribution in [1.29, 1.82) is 0 Å². The van der Waals surface area contributed by atoms with E-state index in [0.29, 0.717) is 24.4 Å². The first-order chi connectivity index (χ1) is 8.99. The fourth-order valence-electron chi connectivity index (χ4n) is 1.58. The van der Waals surface area contributed by atoms with Crippen LogP contribution in [-0.4, -0.2) is 47.1 Å². The van der Waals surface area contributed by atoms with Gasteiger partial charge in [-0.1, -0.05) is 0 Å². The predicted molar refractivity (Wildman–Crippen MR) is 72.3 cm³/mol. The normalized spacial score (nSPS) is 11.7. The molecule has 19 heavy (non-hydrogen) atoms. The summed E-state index contributed by atoms with van der Waals surface area (Å²) in [4.78, 5) is 8.24. The number of hydrazine groups is 1. The summed E-state index contributed by atoms with van der Waals surface area (Å²) in [6.45, 7) is 0.481. The van der Waals surface area contributed by atoms with Gasteiger partial charge >= 0.3 is 0 Å². The van der Waals surface area contributed by atoms with E-state index in [2.05, 4.69) is 30.9 Å². The Balaban J connectivity index is 2.09. The average Bonchev–Trinajstić information content (AvgIpc) is 2.81. The third-order valence-electron chi connectivity index (χ3n) is 2.42. The fourth-order valence-corrected chi connectivity index (χ4v) is 2.24. The second-order valence-corrected chi connectivity index (χ2v) is 6.34. The van der Waals surface area contributed by atoms with Crippen LogP contribution in [0.1, 0.15) is 6.42 Å². The van der Waals surface area contributed by atoms with Crippen molar-refractivity contribution in [3.63, 3.8) is 0 Å². The molecule has 0 saturated carbocycles. The second-order valence-electron chi connectivity index (χ2n) is 4.08. The van der Waals surface area contributed by atoms with Crippen LogP contribution in [0.25, 0.3) is 11.0 Å². The Morgan fingerprint density at radius 2 is 2.21 bits per heavy atom. The van der Waals surface area contributed by atoms with Crippen molar-refractivity contribution in [3.8, 4) is 0 Å². The molecule has 2 rings (SSSR count). The van der Waals surface area contributed by atoms with Crippen LogP contribution in [0, 0.1) is 0 Å². The van der Waals surface area contributed by atoms with Gasteiger partial charge in [0.15, 0.2) is 5.65 Å². The summed E-state index contributed by atoms with van der Waals surface area (Å²) in [6, 6.07) is 0. The van der Waals surface area contributed by atoms with Crippen molar-refractivity contribution in [2.24, 2.45) is 5.84 Å². The molecule has 0 aliphatic carbocycles. The number of sulfone groups is 1. The fraction of sp³-hybridized carbons (Fsp3) is 0.444. The molecule has 2 aromatic rings. The molecule has 0 saturated heterocycles. The summed E-state index contributed by atoms with van der Waals surface area (Å²) < 4.78 is 22.0. The Hall–Kier alpha value is -1.94. The standard InChI is InChI=1S/C9H15N7O2S/c1-19(17,18)4-2-3-11-7-6-5-12-16-8(6)14-9(13-7)15-10/h5H,2-4,10H2,1H3,(H3,11,12,13,14,15,16). The quantitative estimate of drug-likeness (QED) is 0.316. The largest absolute Gasteiger partial charge is 0.369 e. The number of hydrogen-bond acceptors (Lipinski definition) is 8. The highest BCUT2D eigenvalue weighted by atomic mass is 32.2. The van der Waals surface area contributed by atoms with Crippen LogP contribution in [0.3, 0.4) is 0 Å². The lowest BCUT2D eigenvalue weighted by Gasteiger charge is -2.07. The van der Waals surface area contributed by atoms with E-state index in [-0.39, 0.29) is 11.7 Å². The molecule has 5 N–H and O–H groups in total. The van der Waals surface area contributed by atoms with Crippen LogP contribution in [0.15, 0.2) is 6.20 Å². The lowest BCUT2D eigenvalue weighted by molar-refractivity contribution is 0.600. The number of H-pyrrole nitrogens is 1. The van der Waals surface area contributed by atoms with Gasteiger partial charge in [-0.15, -0.1) is 0 Å². The number of nitrogens with two attached hydrogens (primary N) is 1. The van der Waals surface area contributed by atoms with Crippen LogP contribution < -0.4 is 16.6 Å². The molecule has 0 unspecified atom stereocenters. The summed E-state index contributed by atoms with van der Waals surface area (Å²) in [5.74, 6) is 6.21. The molecule has 2 aromatic heterocycles. The van der Waals surface area contributed by atoms with Crippen LogP contribution in [0.2, 0.25) is 0 Å². The Bertz CT molecular complexity index is 666. The molecule has 10 heteroatoms. The van der Waals surface area contributed by atoms with Crippen molar-refractivity contribution < 1.29 is 8.42 Å². The minimum absolute atomic E-state index is 0.127. The van der Waals surface area contributed by atoms with Gasteiger partial charge in [-0.05, 0) is 6.42 Å². The van der Waals surface area contributed by atoms with Gasteiger partial charge in [0.2, 0.25) is 5.95 Å². The highest BCUT2D eigenvalue weighted by Gasteiger charge is 2.09. The summed E-state index contributed by atoms with van der Waals surface area (Å²) >= 11 is 0. The van der Waals surface area contributed by atoms with E-state index in [1.807, 2.05) is 0 Å². The first kappa shape index (κ1) is 13.5. The van der Waals surface area contributed by atoms with Gasteiger partial charge in [-0.25, -0.2) is 14.3 Å². The number of nitrogen functional groups attached to an aromatic ring is 1. The van der Waals surface area contributed by atoms with Crippen molar-refractivity contribution in [2.45, 2.75) is 6.42 Å². The van der Waals surface area contributed by atoms with E-state index >= 15 is 0 Å². The summed E-state index contributed by atoms with van der Waals surface area (Å²) in [6.07, 6.45) is 3.30. The molecular formula is C9H15N7O2S. The zero-order valence-corrected chi connectivity index (χ0v) is 11.2. The highest BCUT2D eigenvalue weighted by Crippen LogP contribution is 2.19. The zero-order chi connectivity index (χ0) is 13.9. The van der Waals surface area contributed by atoms with Crippen molar-refractivity contribution in [3.05, 3.63) is 6.20 Å². The molecular weight excluding hydrogens is 270 g/mol. The maximum atomic E-state index is 11.0. The highest BCUT2D eigenvalue weighted by molar-refractivity contribution is 7.90. The lowest BCUT2D eigenvalue weighted by atomic mass is 10.4. The van der Waals surface area contributed by atoms with Crippen molar-refractivity contribution in [1.82, 2.24) is 20.2 Å². The molecule has 0 atom stereocenters. The van der Waals surface area contributed by atoms with Crippen molar-refractivity contribution >= 4 is 32.6 Å². The van der Waals surface area contributed by atoms with Crippen LogP contribution in [0.5, 0.6) is 0 Å². The Kier molecular flexibility index (Phi) is 3.81. The molecule has 0 bridgehead atoms. The number of aromatic nitrogens is 4. The first-order valence-electron chi connectivity index (χ1n) is 5.59. The third-order valence-corrected chi connectivity index (χ3v) is 3.45. The Morgan fingerprint density at radius 3 is 2.89 bits per heavy atom. The van der Waals surface area contributed by atoms with E-state index in [1.165, 1.54) is 6.26 Å². The predicted octanol–water partition coefficient (Wildman–Crippen LogP) is -0.515. The van der Waals surface area contributed by atoms with Crippen molar-refractivity contribution in [2.75, 3.05) is 29.3 Å². The SMILES string of the molecule is CS(=O)(=O)CCCNc1nc(NN)nc2[nH]ncc12. The molecule has 0 radical (unpaired) electrons. The number of anilines is 2. The zero-order valence-electron chi connectivity index (χ0n) is 10.3. The summed E-state index contributed by atoms with van der Waals surface area (Å²) in [7, 11) is -2.95. The minimum atomic E-state index is -2.95. The Morgan fingerprint density at radius 1 is 1.42 bits per heavy atom. The molecule has 0 aliphatic rings. The number of aromatic amines is 1. The number of fused-ring (bicyclic) bond motifs is 1. The summed E-state index contributed by atoms with van der Waals surface area (Å²) in [5.41, 5.74) is 2.91. The number of rotatable bonds is 6. The molecule has 9 nitrogen and oxygen atoms in total. The van der Waals surface area contributed by atoms with Gasteiger partial charge < -0.3 is 5.32 Å². The molecule has 0 fully saturated rings. The molecule has 0 aliphatic heterocycles. The van der Waals surface area contributed by atoms with E-state index < -0.39 is 9.84 Å². The van der Waals surface area contributed by atoms with Gasteiger partial charge in [0, 0.05) is 12.8 Å². The van der Waals surface area contributed by atoms with Gasteiger partial charge in [0.1, 0.15) is 15.7 Å². The first-order valence-corrected chi connectivity index (χ1v) is 7.65. The molecule has 0 amide bonds. The van der Waals surface area contributed by atoms with E-state index in [9.17, 15) is 8.42 Å². The van der Waals surface area contributed by atoms with Gasteiger partial charge in [0.05, 0.1) is 17.3 Å². The Labute approximate surface area is 109 Å². The van der Waals surface area contributed by atoms with Gasteiger partial charge in [-0.3, -0.25) is 10.5 Å². The maximum absolute atomic E-state index is 11.0. The second kappa shape index (κ2) is 5.36. The number of nitrogens with one attached hydrogen (secondary N) is 3. The molecule has 2 heterocycles. The monoisotopic (exact) mass is 285 g/mol. The molecule has 104 valence electrons. The average molecular weight is 285 g/mol. The van der Waals surface area contributed by atoms with Crippen LogP contribution in [0.4, 0.5) is 11.8 Å². The van der Waals surface area contributed by atoms with E-state index in [4.69, 9.17) is 5.84 Å². The number of nitrogens with zero attached hydrogens (tertiary/aromatic N) is 3. The van der Waals surface area contributed by atoms with Crippen LogP contribution in [-0.2, 0) is 9.84 Å². The lowest BCUT2D eigenvalue weighted by Crippen LogP contribution is -2.14. The van der Waals surface area contributed by atoms with E-state index in [0.717, 1.165) is 5.39 Å². The van der Waals surface area contributed by atoms with E-state index in [1.54, 1.807) is 6.20 Å². The summed E-state index contributed by atoms with van der Waals surface area (Å²) in [5, 5.41) is 10.4. The number of hydrogen-bond donors (Lipinski definition) is 4. The minimum Gasteiger partial charge on any atom is -0.369 e. The molecule has 0 spiro atoms.